The van der Waals surface area contributed by atoms with Crippen LogP contribution in [0.2, 0.25) is 0 Å². The first-order chi connectivity index (χ1) is 12.7. The number of aliphatic carboxylic acids is 1. The van der Waals surface area contributed by atoms with Crippen LogP contribution in [0.15, 0.2) is 72.9 Å². The Morgan fingerprint density at radius 2 is 1.00 bits per heavy atom. The van der Waals surface area contributed by atoms with Gasteiger partial charge in [0, 0.05) is 0 Å². The average molecular weight is 357 g/mol. The summed E-state index contributed by atoms with van der Waals surface area (Å²) in [7, 11) is 0. The van der Waals surface area contributed by atoms with E-state index in [4.69, 9.17) is 5.11 Å². The van der Waals surface area contributed by atoms with Crippen LogP contribution in [0.1, 0.15) is 65.2 Å². The minimum Gasteiger partial charge on any atom is -0.481 e. The number of carboxylic acid groups (broad SMARTS) is 1. The molecule has 0 aliphatic carbocycles. The molecule has 1 unspecified atom stereocenters. The standard InChI is InChI=1S/C24H36O2/c1-3-5-6-7-8-9-10-11-12-13-14-15-16-17-18-19-20-21-22-23(4-2)24(25)26/h5-6,8-9,11-12,14-15,17-18,20-21,23H,3-4,7,10,13,16,19,22H2,1-2H3,(H,25,26). The second-order valence-corrected chi connectivity index (χ2v) is 6.09. The van der Waals surface area contributed by atoms with E-state index < -0.39 is 5.97 Å². The van der Waals surface area contributed by atoms with E-state index in [2.05, 4.69) is 67.7 Å². The topological polar surface area (TPSA) is 37.3 Å². The maximum Gasteiger partial charge on any atom is 0.306 e. The normalized spacial score (nSPS) is 14.2. The van der Waals surface area contributed by atoms with Crippen molar-refractivity contribution in [3.8, 4) is 0 Å². The van der Waals surface area contributed by atoms with Gasteiger partial charge in [-0.15, -0.1) is 0 Å². The summed E-state index contributed by atoms with van der Waals surface area (Å²) in [4.78, 5) is 10.9. The van der Waals surface area contributed by atoms with Crippen LogP contribution in [0, 0.1) is 5.92 Å². The number of rotatable bonds is 15. The molecule has 0 radical (unpaired) electrons. The first kappa shape index (κ1) is 23.9. The van der Waals surface area contributed by atoms with Crippen molar-refractivity contribution in [1.29, 1.82) is 0 Å². The van der Waals surface area contributed by atoms with Crippen LogP contribution in [-0.2, 0) is 4.79 Å². The summed E-state index contributed by atoms with van der Waals surface area (Å²) in [6.07, 6.45) is 33.1. The van der Waals surface area contributed by atoms with Crippen molar-refractivity contribution in [2.45, 2.75) is 65.2 Å². The summed E-state index contributed by atoms with van der Waals surface area (Å²) in [6, 6.07) is 0. The first-order valence-electron chi connectivity index (χ1n) is 9.85. The predicted octanol–water partition coefficient (Wildman–Crippen LogP) is 7.19. The fraction of sp³-hybridized carbons (Fsp3) is 0.458. The Hall–Kier alpha value is -2.09. The Morgan fingerprint density at radius 3 is 1.31 bits per heavy atom. The zero-order chi connectivity index (χ0) is 19.3. The molecular weight excluding hydrogens is 320 g/mol. The molecule has 1 atom stereocenters. The molecule has 0 bridgehead atoms. The van der Waals surface area contributed by atoms with Gasteiger partial charge in [-0.05, 0) is 51.4 Å². The maximum absolute atomic E-state index is 10.9. The summed E-state index contributed by atoms with van der Waals surface area (Å²) in [5.41, 5.74) is 0. The number of allylic oxidation sites excluding steroid dienone is 12. The lowest BCUT2D eigenvalue weighted by atomic mass is 10.0. The van der Waals surface area contributed by atoms with E-state index in [0.717, 1.165) is 38.5 Å². The van der Waals surface area contributed by atoms with Gasteiger partial charge in [-0.3, -0.25) is 4.79 Å². The van der Waals surface area contributed by atoms with Gasteiger partial charge in [0.1, 0.15) is 0 Å². The molecule has 1 N–H and O–H groups in total. The van der Waals surface area contributed by atoms with E-state index >= 15 is 0 Å². The molecule has 0 saturated carbocycles. The van der Waals surface area contributed by atoms with Crippen molar-refractivity contribution in [2.24, 2.45) is 5.92 Å². The summed E-state index contributed by atoms with van der Waals surface area (Å²) < 4.78 is 0. The van der Waals surface area contributed by atoms with Crippen molar-refractivity contribution in [3.05, 3.63) is 72.9 Å². The number of hydrogen-bond donors (Lipinski definition) is 1. The molecule has 0 fully saturated rings. The van der Waals surface area contributed by atoms with Gasteiger partial charge >= 0.3 is 5.97 Å². The third-order valence-electron chi connectivity index (χ3n) is 3.86. The maximum atomic E-state index is 10.9. The molecule has 0 saturated heterocycles. The lowest BCUT2D eigenvalue weighted by Gasteiger charge is -2.04. The molecule has 0 aromatic rings. The second kappa shape index (κ2) is 19.2. The molecule has 0 aliphatic heterocycles. The molecule has 26 heavy (non-hydrogen) atoms. The fourth-order valence-corrected chi connectivity index (χ4v) is 2.22. The van der Waals surface area contributed by atoms with Crippen LogP contribution in [-0.4, -0.2) is 11.1 Å². The van der Waals surface area contributed by atoms with Crippen molar-refractivity contribution in [1.82, 2.24) is 0 Å². The highest BCUT2D eigenvalue weighted by Crippen LogP contribution is 2.09. The van der Waals surface area contributed by atoms with Crippen LogP contribution in [0.3, 0.4) is 0 Å². The van der Waals surface area contributed by atoms with Gasteiger partial charge in [-0.1, -0.05) is 86.8 Å². The highest BCUT2D eigenvalue weighted by Gasteiger charge is 2.11. The molecule has 2 nitrogen and oxygen atoms in total. The SMILES string of the molecule is CCC=CCC=CCC=CCC=CCC=CCC=CCC(CC)C(=O)O. The molecule has 0 spiro atoms. The van der Waals surface area contributed by atoms with Gasteiger partial charge in [0.05, 0.1) is 5.92 Å². The van der Waals surface area contributed by atoms with E-state index in [1.165, 1.54) is 0 Å². The Kier molecular flexibility index (Phi) is 17.7. The molecular formula is C24H36O2. The molecule has 0 rings (SSSR count). The largest absolute Gasteiger partial charge is 0.481 e. The highest BCUT2D eigenvalue weighted by molar-refractivity contribution is 5.70. The van der Waals surface area contributed by atoms with Gasteiger partial charge < -0.3 is 5.11 Å². The lowest BCUT2D eigenvalue weighted by molar-refractivity contribution is -0.141. The van der Waals surface area contributed by atoms with Crippen molar-refractivity contribution < 1.29 is 9.90 Å². The van der Waals surface area contributed by atoms with Crippen molar-refractivity contribution >= 4 is 5.97 Å². The Morgan fingerprint density at radius 1 is 0.654 bits per heavy atom. The Labute approximate surface area is 160 Å². The van der Waals surface area contributed by atoms with Crippen LogP contribution >= 0.6 is 0 Å². The second-order valence-electron chi connectivity index (χ2n) is 6.09. The van der Waals surface area contributed by atoms with E-state index in [9.17, 15) is 4.79 Å². The third-order valence-corrected chi connectivity index (χ3v) is 3.86. The fourth-order valence-electron chi connectivity index (χ4n) is 2.22. The van der Waals surface area contributed by atoms with Gasteiger partial charge in [-0.2, -0.15) is 0 Å². The van der Waals surface area contributed by atoms with Crippen LogP contribution in [0.25, 0.3) is 0 Å². The molecule has 0 heterocycles. The Bertz CT molecular complexity index is 504. The summed E-state index contributed by atoms with van der Waals surface area (Å²) in [5.74, 6) is -0.952. The minimum absolute atomic E-state index is 0.250. The quantitative estimate of drug-likeness (QED) is 0.315. The lowest BCUT2D eigenvalue weighted by Crippen LogP contribution is -2.11. The zero-order valence-electron chi connectivity index (χ0n) is 16.5. The Balaban J connectivity index is 3.65. The van der Waals surface area contributed by atoms with Gasteiger partial charge in [0.2, 0.25) is 0 Å². The molecule has 0 amide bonds. The number of carboxylic acids is 1. The smallest absolute Gasteiger partial charge is 0.306 e. The predicted molar refractivity (Wildman–Crippen MR) is 114 cm³/mol. The molecule has 0 aromatic carbocycles. The van der Waals surface area contributed by atoms with Crippen LogP contribution < -0.4 is 0 Å². The van der Waals surface area contributed by atoms with Gasteiger partial charge in [0.15, 0.2) is 0 Å². The van der Waals surface area contributed by atoms with Crippen LogP contribution in [0.4, 0.5) is 0 Å². The zero-order valence-corrected chi connectivity index (χ0v) is 16.5. The van der Waals surface area contributed by atoms with Gasteiger partial charge in [0.25, 0.3) is 0 Å². The molecule has 144 valence electrons. The van der Waals surface area contributed by atoms with E-state index in [-0.39, 0.29) is 5.92 Å². The van der Waals surface area contributed by atoms with Crippen molar-refractivity contribution in [2.75, 3.05) is 0 Å². The highest BCUT2D eigenvalue weighted by atomic mass is 16.4. The first-order valence-corrected chi connectivity index (χ1v) is 9.85. The van der Waals surface area contributed by atoms with Gasteiger partial charge in [-0.25, -0.2) is 0 Å². The molecule has 0 aromatic heterocycles. The monoisotopic (exact) mass is 356 g/mol. The third kappa shape index (κ3) is 16.8. The average Bonchev–Trinajstić information content (AvgIpc) is 2.63. The van der Waals surface area contributed by atoms with E-state index in [1.807, 2.05) is 19.1 Å². The van der Waals surface area contributed by atoms with Crippen molar-refractivity contribution in [3.63, 3.8) is 0 Å². The molecule has 0 aliphatic rings. The summed E-state index contributed by atoms with van der Waals surface area (Å²) in [6.45, 7) is 4.06. The minimum atomic E-state index is -0.702. The summed E-state index contributed by atoms with van der Waals surface area (Å²) >= 11 is 0. The number of hydrogen-bond acceptors (Lipinski definition) is 1. The van der Waals surface area contributed by atoms with E-state index in [1.54, 1.807) is 0 Å². The molecule has 2 heteroatoms. The van der Waals surface area contributed by atoms with E-state index in [0.29, 0.717) is 12.8 Å². The summed E-state index contributed by atoms with van der Waals surface area (Å²) in [5, 5.41) is 8.95. The van der Waals surface area contributed by atoms with Crippen LogP contribution in [0.5, 0.6) is 0 Å². The number of carbonyl (C=O) groups is 1.